The van der Waals surface area contributed by atoms with Crippen LogP contribution in [0.1, 0.15) is 40.6 Å². The number of fused-ring (bicyclic) bond motifs is 2. The Morgan fingerprint density at radius 1 is 1.25 bits per heavy atom. The molecule has 3 heterocycles. The van der Waals surface area contributed by atoms with Gasteiger partial charge >= 0.3 is 5.97 Å². The maximum absolute atomic E-state index is 13.0. The molecule has 1 amide bonds. The second-order valence-electron chi connectivity index (χ2n) is 8.32. The highest BCUT2D eigenvalue weighted by Gasteiger charge is 2.27. The maximum atomic E-state index is 13.0. The number of thioether (sulfide) groups is 1. The second-order valence-corrected chi connectivity index (χ2v) is 11.3. The van der Waals surface area contributed by atoms with E-state index in [2.05, 4.69) is 39.6 Å². The fourth-order valence-electron chi connectivity index (χ4n) is 4.41. The molecule has 0 fully saturated rings. The fraction of sp³-hybridized carbons (Fsp3) is 0.308. The van der Waals surface area contributed by atoms with Crippen LogP contribution < -0.4 is 5.32 Å². The molecule has 0 bridgehead atoms. The van der Waals surface area contributed by atoms with Crippen molar-refractivity contribution in [2.24, 2.45) is 0 Å². The van der Waals surface area contributed by atoms with Crippen LogP contribution in [-0.2, 0) is 28.9 Å². The summed E-state index contributed by atoms with van der Waals surface area (Å²) in [6, 6.07) is 8.20. The monoisotopic (exact) mass is 538 g/mol. The molecule has 1 N–H and O–H groups in total. The van der Waals surface area contributed by atoms with E-state index in [4.69, 9.17) is 4.74 Å². The largest absolute Gasteiger partial charge is 0.462 e. The van der Waals surface area contributed by atoms with Crippen LogP contribution in [0.3, 0.4) is 0 Å². The first-order chi connectivity index (χ1) is 17.6. The number of aryl methyl sites for hydroxylation is 1. The topological polar surface area (TPSA) is 86.1 Å². The third-order valence-corrected chi connectivity index (χ3v) is 9.12. The number of allylic oxidation sites excluding steroid dienone is 1. The highest BCUT2D eigenvalue weighted by molar-refractivity contribution is 7.99. The standard InChI is InChI=1S/C26H26N4O3S3/c1-3-13-30-23(18-14-34-19-11-7-5-9-16(18)19)28-29-26(30)35-15-21(31)27-24-22(25(32)33-4-2)17-10-6-8-12-20(17)36-24/h3,5,7,9,11,14H,1,4,6,8,10,12-13,15H2,2H3,(H,27,31). The van der Waals surface area contributed by atoms with Crippen molar-refractivity contribution < 1.29 is 14.3 Å². The van der Waals surface area contributed by atoms with Gasteiger partial charge in [0.25, 0.3) is 0 Å². The van der Waals surface area contributed by atoms with E-state index in [1.165, 1.54) is 32.7 Å². The molecule has 0 unspecified atom stereocenters. The predicted molar refractivity (Wildman–Crippen MR) is 147 cm³/mol. The minimum Gasteiger partial charge on any atom is -0.462 e. The predicted octanol–water partition coefficient (Wildman–Crippen LogP) is 6.19. The number of aromatic nitrogens is 3. The smallest absolute Gasteiger partial charge is 0.341 e. The molecular formula is C26H26N4O3S3. The van der Waals surface area contributed by atoms with Gasteiger partial charge in [0, 0.05) is 32.5 Å². The van der Waals surface area contributed by atoms with Gasteiger partial charge in [-0.2, -0.15) is 0 Å². The average molecular weight is 539 g/mol. The molecule has 0 saturated carbocycles. The summed E-state index contributed by atoms with van der Waals surface area (Å²) in [5, 5.41) is 16.2. The van der Waals surface area contributed by atoms with Gasteiger partial charge in [-0.1, -0.05) is 36.0 Å². The summed E-state index contributed by atoms with van der Waals surface area (Å²) >= 11 is 4.48. The van der Waals surface area contributed by atoms with Gasteiger partial charge in [0.15, 0.2) is 11.0 Å². The van der Waals surface area contributed by atoms with Gasteiger partial charge in [-0.25, -0.2) is 4.79 Å². The minimum absolute atomic E-state index is 0.143. The van der Waals surface area contributed by atoms with Gasteiger partial charge in [0.2, 0.25) is 5.91 Å². The fourth-order valence-corrected chi connectivity index (χ4v) is 7.39. The number of thiophene rings is 2. The zero-order chi connectivity index (χ0) is 25.1. The van der Waals surface area contributed by atoms with E-state index < -0.39 is 0 Å². The first-order valence-electron chi connectivity index (χ1n) is 11.9. The lowest BCUT2D eigenvalue weighted by Gasteiger charge is -2.12. The molecule has 5 rings (SSSR count). The van der Waals surface area contributed by atoms with E-state index in [1.807, 2.05) is 16.7 Å². The number of anilines is 1. The number of nitrogens with zero attached hydrogens (tertiary/aromatic N) is 3. The van der Waals surface area contributed by atoms with Crippen molar-refractivity contribution in [3.8, 4) is 11.4 Å². The molecular weight excluding hydrogens is 513 g/mol. The van der Waals surface area contributed by atoms with Crippen LogP contribution in [-0.4, -0.2) is 39.0 Å². The number of rotatable bonds is 9. The highest BCUT2D eigenvalue weighted by Crippen LogP contribution is 2.39. The third-order valence-electron chi connectivity index (χ3n) is 5.99. The van der Waals surface area contributed by atoms with Crippen molar-refractivity contribution in [3.63, 3.8) is 0 Å². The van der Waals surface area contributed by atoms with Crippen molar-refractivity contribution in [3.05, 3.63) is 58.3 Å². The molecule has 3 aromatic heterocycles. The van der Waals surface area contributed by atoms with E-state index >= 15 is 0 Å². The summed E-state index contributed by atoms with van der Waals surface area (Å²) in [7, 11) is 0. The molecule has 186 valence electrons. The summed E-state index contributed by atoms with van der Waals surface area (Å²) < 4.78 is 8.46. The van der Waals surface area contributed by atoms with E-state index in [9.17, 15) is 9.59 Å². The van der Waals surface area contributed by atoms with Crippen molar-refractivity contribution in [1.82, 2.24) is 14.8 Å². The number of carbonyl (C=O) groups is 2. The Labute approximate surface area is 221 Å². The Kier molecular flexibility index (Phi) is 7.54. The van der Waals surface area contributed by atoms with E-state index in [-0.39, 0.29) is 17.6 Å². The Bertz CT molecular complexity index is 1440. The Balaban J connectivity index is 1.35. The second kappa shape index (κ2) is 11.0. The highest BCUT2D eigenvalue weighted by atomic mass is 32.2. The summed E-state index contributed by atoms with van der Waals surface area (Å²) in [6.07, 6.45) is 5.71. The van der Waals surface area contributed by atoms with Gasteiger partial charge in [-0.3, -0.25) is 9.36 Å². The summed E-state index contributed by atoms with van der Waals surface area (Å²) in [6.45, 7) is 6.50. The Morgan fingerprint density at radius 2 is 2.08 bits per heavy atom. The van der Waals surface area contributed by atoms with Crippen LogP contribution in [0.5, 0.6) is 0 Å². The maximum Gasteiger partial charge on any atom is 0.341 e. The van der Waals surface area contributed by atoms with Crippen molar-refractivity contribution in [1.29, 1.82) is 0 Å². The molecule has 0 radical (unpaired) electrons. The average Bonchev–Trinajstić information content (AvgIpc) is 3.58. The van der Waals surface area contributed by atoms with Crippen molar-refractivity contribution >= 4 is 61.4 Å². The van der Waals surface area contributed by atoms with Gasteiger partial charge in [-0.05, 0) is 44.2 Å². The van der Waals surface area contributed by atoms with E-state index in [1.54, 1.807) is 24.3 Å². The quantitative estimate of drug-likeness (QED) is 0.155. The number of hydrogen-bond acceptors (Lipinski definition) is 8. The molecule has 4 aromatic rings. The van der Waals surface area contributed by atoms with Crippen LogP contribution >= 0.6 is 34.4 Å². The molecule has 0 aliphatic heterocycles. The molecule has 7 nitrogen and oxygen atoms in total. The lowest BCUT2D eigenvalue weighted by atomic mass is 9.95. The van der Waals surface area contributed by atoms with Gasteiger partial charge < -0.3 is 10.1 Å². The van der Waals surface area contributed by atoms with Crippen LogP contribution in [0, 0.1) is 0 Å². The zero-order valence-electron chi connectivity index (χ0n) is 19.9. The first kappa shape index (κ1) is 24.7. The normalized spacial score (nSPS) is 12.9. The molecule has 1 aliphatic rings. The first-order valence-corrected chi connectivity index (χ1v) is 14.5. The Morgan fingerprint density at radius 3 is 2.92 bits per heavy atom. The molecule has 0 saturated heterocycles. The number of esters is 1. The molecule has 1 aliphatic carbocycles. The van der Waals surface area contributed by atoms with Crippen molar-refractivity contribution in [2.45, 2.75) is 44.3 Å². The Hall–Kier alpha value is -2.95. The number of benzene rings is 1. The number of ether oxygens (including phenoxy) is 1. The van der Waals surface area contributed by atoms with E-state index in [0.717, 1.165) is 48.0 Å². The van der Waals surface area contributed by atoms with Crippen LogP contribution in [0.25, 0.3) is 21.5 Å². The van der Waals surface area contributed by atoms with Crippen LogP contribution in [0.2, 0.25) is 0 Å². The number of amides is 1. The SMILES string of the molecule is C=CCn1c(SCC(=O)Nc2sc3c(c2C(=O)OCC)CCCC3)nnc1-c1csc2ccccc12. The van der Waals surface area contributed by atoms with Crippen LogP contribution in [0.4, 0.5) is 5.00 Å². The summed E-state index contributed by atoms with van der Waals surface area (Å²) in [4.78, 5) is 26.8. The summed E-state index contributed by atoms with van der Waals surface area (Å²) in [5.41, 5.74) is 2.58. The number of carbonyl (C=O) groups excluding carboxylic acids is 2. The van der Waals surface area contributed by atoms with Gasteiger partial charge in [0.1, 0.15) is 5.00 Å². The lowest BCUT2D eigenvalue weighted by molar-refractivity contribution is -0.113. The minimum atomic E-state index is -0.363. The molecule has 10 heteroatoms. The molecule has 1 aromatic carbocycles. The lowest BCUT2D eigenvalue weighted by Crippen LogP contribution is -2.17. The summed E-state index contributed by atoms with van der Waals surface area (Å²) in [5.74, 6) is 0.341. The van der Waals surface area contributed by atoms with Crippen molar-refractivity contribution in [2.75, 3.05) is 17.7 Å². The number of hydrogen-bond donors (Lipinski definition) is 1. The van der Waals surface area contributed by atoms with E-state index in [0.29, 0.717) is 28.9 Å². The molecule has 0 atom stereocenters. The molecule has 36 heavy (non-hydrogen) atoms. The number of nitrogens with one attached hydrogen (secondary N) is 1. The molecule has 0 spiro atoms. The van der Waals surface area contributed by atoms with Gasteiger partial charge in [-0.15, -0.1) is 39.4 Å². The van der Waals surface area contributed by atoms with Gasteiger partial charge in [0.05, 0.1) is 17.9 Å². The third kappa shape index (κ3) is 4.85. The zero-order valence-corrected chi connectivity index (χ0v) is 22.4. The van der Waals surface area contributed by atoms with Crippen LogP contribution in [0.15, 0.2) is 47.5 Å².